The monoisotopic (exact) mass is 277 g/mol. The molecule has 0 radical (unpaired) electrons. The molecule has 0 amide bonds. The van der Waals surface area contributed by atoms with E-state index in [-0.39, 0.29) is 5.75 Å². The molecular weight excluding hydrogens is 262 g/mol. The normalized spacial score (nSPS) is 10.3. The Balaban J connectivity index is 2.17. The predicted octanol–water partition coefficient (Wildman–Crippen LogP) is 3.97. The Morgan fingerprint density at radius 1 is 1.26 bits per heavy atom. The van der Waals surface area contributed by atoms with E-state index in [1.54, 1.807) is 25.3 Å². The van der Waals surface area contributed by atoms with Gasteiger partial charge in [0.25, 0.3) is 0 Å². The molecule has 0 fully saturated rings. The number of aryl methyl sites for hydroxylation is 1. The Morgan fingerprint density at radius 3 is 2.74 bits per heavy atom. The molecule has 0 atom stereocenters. The minimum Gasteiger partial charge on any atom is -0.508 e. The molecule has 2 aromatic carbocycles. The number of hydrogen-bond acceptors (Lipinski definition) is 3. The molecular formula is C15H16ClNO2. The molecule has 0 saturated carbocycles. The lowest BCUT2D eigenvalue weighted by atomic mass is 10.1. The van der Waals surface area contributed by atoms with Gasteiger partial charge in [-0.05, 0) is 36.2 Å². The summed E-state index contributed by atoms with van der Waals surface area (Å²) >= 11 is 6.06. The van der Waals surface area contributed by atoms with Crippen molar-refractivity contribution >= 4 is 17.3 Å². The standard InChI is InChI=1S/C15H16ClNO2/c1-10-6-14(15(19-2)8-13(10)16)17-9-11-4-3-5-12(18)7-11/h3-8,17-18H,9H2,1-2H3. The van der Waals surface area contributed by atoms with E-state index in [0.717, 1.165) is 16.8 Å². The SMILES string of the molecule is COc1cc(Cl)c(C)cc1NCc1cccc(O)c1. The topological polar surface area (TPSA) is 41.5 Å². The van der Waals surface area contributed by atoms with Gasteiger partial charge in [0.05, 0.1) is 12.8 Å². The minimum absolute atomic E-state index is 0.263. The van der Waals surface area contributed by atoms with Gasteiger partial charge in [-0.25, -0.2) is 0 Å². The number of aromatic hydroxyl groups is 1. The maximum absolute atomic E-state index is 9.42. The third-order valence-corrected chi connectivity index (χ3v) is 3.28. The van der Waals surface area contributed by atoms with Crippen molar-refractivity contribution in [3.8, 4) is 11.5 Å². The van der Waals surface area contributed by atoms with E-state index >= 15 is 0 Å². The van der Waals surface area contributed by atoms with Gasteiger partial charge in [0, 0.05) is 17.6 Å². The smallest absolute Gasteiger partial charge is 0.143 e. The number of benzene rings is 2. The van der Waals surface area contributed by atoms with Crippen molar-refractivity contribution < 1.29 is 9.84 Å². The Bertz CT molecular complexity index is 584. The van der Waals surface area contributed by atoms with Crippen molar-refractivity contribution in [3.05, 3.63) is 52.5 Å². The van der Waals surface area contributed by atoms with Crippen molar-refractivity contribution in [3.63, 3.8) is 0 Å². The van der Waals surface area contributed by atoms with Crippen LogP contribution in [0.2, 0.25) is 5.02 Å². The lowest BCUT2D eigenvalue weighted by Crippen LogP contribution is -2.02. The minimum atomic E-state index is 0.263. The summed E-state index contributed by atoms with van der Waals surface area (Å²) in [7, 11) is 1.61. The summed E-state index contributed by atoms with van der Waals surface area (Å²) < 4.78 is 5.30. The Labute approximate surface area is 117 Å². The number of methoxy groups -OCH3 is 1. The van der Waals surface area contributed by atoms with Crippen LogP contribution in [0.4, 0.5) is 5.69 Å². The highest BCUT2D eigenvalue weighted by atomic mass is 35.5. The highest BCUT2D eigenvalue weighted by molar-refractivity contribution is 6.31. The Hall–Kier alpha value is -1.87. The molecule has 100 valence electrons. The molecule has 0 heterocycles. The maximum Gasteiger partial charge on any atom is 0.143 e. The fourth-order valence-corrected chi connectivity index (χ4v) is 1.99. The van der Waals surface area contributed by atoms with E-state index in [4.69, 9.17) is 16.3 Å². The van der Waals surface area contributed by atoms with Gasteiger partial charge in [-0.15, -0.1) is 0 Å². The second-order valence-electron chi connectivity index (χ2n) is 4.33. The van der Waals surface area contributed by atoms with Crippen molar-refractivity contribution in [2.24, 2.45) is 0 Å². The van der Waals surface area contributed by atoms with Gasteiger partial charge >= 0.3 is 0 Å². The summed E-state index contributed by atoms with van der Waals surface area (Å²) in [4.78, 5) is 0. The average molecular weight is 278 g/mol. The number of nitrogens with one attached hydrogen (secondary N) is 1. The van der Waals surface area contributed by atoms with E-state index in [0.29, 0.717) is 17.3 Å². The van der Waals surface area contributed by atoms with Crippen molar-refractivity contribution in [1.82, 2.24) is 0 Å². The summed E-state index contributed by atoms with van der Waals surface area (Å²) in [6, 6.07) is 10.9. The number of anilines is 1. The van der Waals surface area contributed by atoms with Crippen molar-refractivity contribution in [2.75, 3.05) is 12.4 Å². The van der Waals surface area contributed by atoms with E-state index < -0.39 is 0 Å². The zero-order valence-corrected chi connectivity index (χ0v) is 11.7. The van der Waals surface area contributed by atoms with Crippen LogP contribution < -0.4 is 10.1 Å². The van der Waals surface area contributed by atoms with Crippen LogP contribution in [-0.2, 0) is 6.54 Å². The van der Waals surface area contributed by atoms with Gasteiger partial charge in [0.2, 0.25) is 0 Å². The van der Waals surface area contributed by atoms with Crippen LogP contribution in [0.1, 0.15) is 11.1 Å². The molecule has 0 bridgehead atoms. The predicted molar refractivity (Wildman–Crippen MR) is 78.2 cm³/mol. The first-order valence-corrected chi connectivity index (χ1v) is 6.34. The molecule has 3 nitrogen and oxygen atoms in total. The lowest BCUT2D eigenvalue weighted by molar-refractivity contribution is 0.416. The molecule has 0 spiro atoms. The highest BCUT2D eigenvalue weighted by Crippen LogP contribution is 2.31. The molecule has 0 unspecified atom stereocenters. The van der Waals surface area contributed by atoms with E-state index in [1.165, 1.54) is 0 Å². The first-order chi connectivity index (χ1) is 9.10. The van der Waals surface area contributed by atoms with Gasteiger partial charge in [0.15, 0.2) is 0 Å². The van der Waals surface area contributed by atoms with E-state index in [9.17, 15) is 5.11 Å². The highest BCUT2D eigenvalue weighted by Gasteiger charge is 2.06. The molecule has 19 heavy (non-hydrogen) atoms. The summed E-state index contributed by atoms with van der Waals surface area (Å²) in [5, 5.41) is 13.4. The summed E-state index contributed by atoms with van der Waals surface area (Å²) in [6.07, 6.45) is 0. The summed E-state index contributed by atoms with van der Waals surface area (Å²) in [5.74, 6) is 0.967. The van der Waals surface area contributed by atoms with Crippen molar-refractivity contribution in [1.29, 1.82) is 0 Å². The second-order valence-corrected chi connectivity index (χ2v) is 4.73. The number of rotatable bonds is 4. The fourth-order valence-electron chi connectivity index (χ4n) is 1.83. The molecule has 4 heteroatoms. The first kappa shape index (κ1) is 13.6. The number of hydrogen-bond donors (Lipinski definition) is 2. The zero-order chi connectivity index (χ0) is 13.8. The first-order valence-electron chi connectivity index (χ1n) is 5.96. The van der Waals surface area contributed by atoms with Gasteiger partial charge in [-0.3, -0.25) is 0 Å². The molecule has 2 rings (SSSR count). The Morgan fingerprint density at radius 2 is 2.05 bits per heavy atom. The largest absolute Gasteiger partial charge is 0.508 e. The van der Waals surface area contributed by atoms with Crippen LogP contribution in [0.25, 0.3) is 0 Å². The van der Waals surface area contributed by atoms with Gasteiger partial charge < -0.3 is 15.2 Å². The third kappa shape index (κ3) is 3.32. The molecule has 0 saturated heterocycles. The molecule has 0 aliphatic carbocycles. The number of ether oxygens (including phenoxy) is 1. The fraction of sp³-hybridized carbons (Fsp3) is 0.200. The number of halogens is 1. The van der Waals surface area contributed by atoms with Gasteiger partial charge in [-0.1, -0.05) is 23.7 Å². The second kappa shape index (κ2) is 5.85. The van der Waals surface area contributed by atoms with Crippen molar-refractivity contribution in [2.45, 2.75) is 13.5 Å². The summed E-state index contributed by atoms with van der Waals surface area (Å²) in [5.41, 5.74) is 2.86. The average Bonchev–Trinajstić information content (AvgIpc) is 2.39. The van der Waals surface area contributed by atoms with Gasteiger partial charge in [-0.2, -0.15) is 0 Å². The van der Waals surface area contributed by atoms with Crippen LogP contribution >= 0.6 is 11.6 Å². The molecule has 0 aliphatic rings. The van der Waals surface area contributed by atoms with E-state index in [1.807, 2.05) is 25.1 Å². The molecule has 2 aromatic rings. The van der Waals surface area contributed by atoms with E-state index in [2.05, 4.69) is 5.32 Å². The van der Waals surface area contributed by atoms with Crippen LogP contribution in [0.3, 0.4) is 0 Å². The van der Waals surface area contributed by atoms with Crippen LogP contribution in [0.5, 0.6) is 11.5 Å². The summed E-state index contributed by atoms with van der Waals surface area (Å²) in [6.45, 7) is 2.55. The molecule has 0 aliphatic heterocycles. The van der Waals surface area contributed by atoms with Gasteiger partial charge in [0.1, 0.15) is 11.5 Å². The number of phenols is 1. The van der Waals surface area contributed by atoms with Crippen LogP contribution in [-0.4, -0.2) is 12.2 Å². The zero-order valence-electron chi connectivity index (χ0n) is 10.9. The van der Waals surface area contributed by atoms with Crippen LogP contribution in [0, 0.1) is 6.92 Å². The maximum atomic E-state index is 9.42. The lowest BCUT2D eigenvalue weighted by Gasteiger charge is -2.13. The van der Waals surface area contributed by atoms with Crippen LogP contribution in [0.15, 0.2) is 36.4 Å². The molecule has 0 aromatic heterocycles. The third-order valence-electron chi connectivity index (χ3n) is 2.87. The molecule has 2 N–H and O–H groups in total. The quantitative estimate of drug-likeness (QED) is 0.888. The Kier molecular flexibility index (Phi) is 4.17. The number of phenolic OH excluding ortho intramolecular Hbond substituents is 1.